The number of hydrogen-bond acceptors (Lipinski definition) is 2. The van der Waals surface area contributed by atoms with E-state index in [0.717, 1.165) is 32.3 Å². The highest BCUT2D eigenvalue weighted by Crippen LogP contribution is 2.22. The lowest BCUT2D eigenvalue weighted by Crippen LogP contribution is -2.42. The minimum Gasteiger partial charge on any atom is -0.345 e. The number of carbonyl (C=O) groups is 1. The molecule has 0 spiro atoms. The molecule has 2 atom stereocenters. The first kappa shape index (κ1) is 27.2. The summed E-state index contributed by atoms with van der Waals surface area (Å²) in [6.07, 6.45) is 30.3. The lowest BCUT2D eigenvalue weighted by atomic mass is 9.88. The van der Waals surface area contributed by atoms with Gasteiger partial charge in [-0.05, 0) is 31.7 Å². The van der Waals surface area contributed by atoms with Gasteiger partial charge in [-0.3, -0.25) is 4.79 Å². The molecule has 0 aromatic heterocycles. The monoisotopic (exact) mass is 420 g/mol. The van der Waals surface area contributed by atoms with Crippen LogP contribution in [0.1, 0.15) is 122 Å². The summed E-state index contributed by atoms with van der Waals surface area (Å²) in [5.41, 5.74) is 0. The molecule has 1 N–H and O–H groups in total. The van der Waals surface area contributed by atoms with Crippen LogP contribution >= 0.6 is 0 Å². The first-order valence-electron chi connectivity index (χ1n) is 13.3. The zero-order valence-electron chi connectivity index (χ0n) is 20.4. The van der Waals surface area contributed by atoms with Gasteiger partial charge in [0.05, 0.1) is 0 Å². The van der Waals surface area contributed by atoms with Crippen molar-refractivity contribution in [1.82, 2.24) is 10.2 Å². The zero-order valence-corrected chi connectivity index (χ0v) is 20.4. The minimum atomic E-state index is 0.366. The van der Waals surface area contributed by atoms with Crippen molar-refractivity contribution in [2.24, 2.45) is 5.92 Å². The van der Waals surface area contributed by atoms with Crippen molar-refractivity contribution in [1.29, 1.82) is 0 Å². The van der Waals surface area contributed by atoms with Gasteiger partial charge in [0, 0.05) is 19.6 Å². The largest absolute Gasteiger partial charge is 0.345 e. The molecule has 1 aliphatic carbocycles. The van der Waals surface area contributed by atoms with E-state index in [-0.39, 0.29) is 0 Å². The van der Waals surface area contributed by atoms with E-state index in [9.17, 15) is 4.79 Å². The van der Waals surface area contributed by atoms with Crippen LogP contribution in [0.25, 0.3) is 0 Å². The smallest absolute Gasteiger partial charge is 0.209 e. The van der Waals surface area contributed by atoms with E-state index in [4.69, 9.17) is 0 Å². The highest BCUT2D eigenvalue weighted by molar-refractivity contribution is 5.47. The number of rotatable bonds is 21. The first-order valence-corrected chi connectivity index (χ1v) is 13.3. The Bertz CT molecular complexity index is 410. The molecule has 0 aromatic rings. The molecule has 1 rings (SSSR count). The molecule has 2 unspecified atom stereocenters. The second-order valence-electron chi connectivity index (χ2n) is 9.55. The SMILES string of the molecule is CCCCCCCCCCCCCCCCCCNCC1CC=CCC1N(C)C=O. The van der Waals surface area contributed by atoms with Crippen molar-refractivity contribution in [2.75, 3.05) is 20.1 Å². The van der Waals surface area contributed by atoms with E-state index < -0.39 is 0 Å². The number of carbonyl (C=O) groups excluding carboxylic acids is 1. The maximum absolute atomic E-state index is 11.1. The summed E-state index contributed by atoms with van der Waals surface area (Å²) in [7, 11) is 1.92. The van der Waals surface area contributed by atoms with Crippen molar-refractivity contribution < 1.29 is 4.79 Å². The fourth-order valence-electron chi connectivity index (χ4n) is 4.74. The summed E-state index contributed by atoms with van der Waals surface area (Å²) in [6.45, 7) is 4.45. The molecule has 0 radical (unpaired) electrons. The van der Waals surface area contributed by atoms with E-state index in [1.54, 1.807) is 0 Å². The van der Waals surface area contributed by atoms with Gasteiger partial charge in [-0.25, -0.2) is 0 Å². The zero-order chi connectivity index (χ0) is 21.7. The van der Waals surface area contributed by atoms with Crippen molar-refractivity contribution in [2.45, 2.75) is 129 Å². The predicted molar refractivity (Wildman–Crippen MR) is 132 cm³/mol. The van der Waals surface area contributed by atoms with Crippen LogP contribution in [0.15, 0.2) is 12.2 Å². The number of hydrogen-bond donors (Lipinski definition) is 1. The Kier molecular flexibility index (Phi) is 18.2. The average Bonchev–Trinajstić information content (AvgIpc) is 2.78. The summed E-state index contributed by atoms with van der Waals surface area (Å²) in [6, 6.07) is 0.366. The molecular formula is C27H52N2O. The number of amides is 1. The molecule has 0 saturated heterocycles. The van der Waals surface area contributed by atoms with Crippen molar-refractivity contribution in [3.63, 3.8) is 0 Å². The average molecular weight is 421 g/mol. The fraction of sp³-hybridized carbons (Fsp3) is 0.889. The van der Waals surface area contributed by atoms with Gasteiger partial charge < -0.3 is 10.2 Å². The maximum Gasteiger partial charge on any atom is 0.209 e. The third-order valence-electron chi connectivity index (χ3n) is 6.83. The van der Waals surface area contributed by atoms with Gasteiger partial charge in [0.1, 0.15) is 0 Å². The Hall–Kier alpha value is -0.830. The van der Waals surface area contributed by atoms with Crippen molar-refractivity contribution >= 4 is 6.41 Å². The Morgan fingerprint density at radius 1 is 0.767 bits per heavy atom. The number of nitrogens with zero attached hydrogens (tertiary/aromatic N) is 1. The predicted octanol–water partition coefficient (Wildman–Crippen LogP) is 7.26. The highest BCUT2D eigenvalue weighted by atomic mass is 16.1. The molecule has 176 valence electrons. The molecule has 0 saturated carbocycles. The topological polar surface area (TPSA) is 32.3 Å². The normalized spacial score (nSPS) is 18.6. The standard InChI is InChI=1S/C27H52N2O/c1-3-4-5-6-7-8-9-10-11-12-13-14-15-16-17-20-23-28-24-26-21-18-19-22-27(26)29(2)25-30/h18-19,25-28H,3-17,20-24H2,1-2H3. The van der Waals surface area contributed by atoms with Gasteiger partial charge in [0.25, 0.3) is 0 Å². The number of allylic oxidation sites excluding steroid dienone is 1. The minimum absolute atomic E-state index is 0.366. The Labute approximate surface area is 188 Å². The van der Waals surface area contributed by atoms with E-state index >= 15 is 0 Å². The van der Waals surface area contributed by atoms with Crippen molar-refractivity contribution in [3.05, 3.63) is 12.2 Å². The molecule has 3 heteroatoms. The van der Waals surface area contributed by atoms with Crippen LogP contribution in [0.2, 0.25) is 0 Å². The number of unbranched alkanes of at least 4 members (excludes halogenated alkanes) is 15. The third kappa shape index (κ3) is 14.2. The molecule has 0 bridgehead atoms. The Morgan fingerprint density at radius 3 is 1.73 bits per heavy atom. The lowest BCUT2D eigenvalue weighted by molar-refractivity contribution is -0.119. The highest BCUT2D eigenvalue weighted by Gasteiger charge is 2.24. The molecule has 0 heterocycles. The molecular weight excluding hydrogens is 368 g/mol. The van der Waals surface area contributed by atoms with Crippen molar-refractivity contribution in [3.8, 4) is 0 Å². The molecule has 3 nitrogen and oxygen atoms in total. The van der Waals surface area contributed by atoms with Crippen LogP contribution in [-0.4, -0.2) is 37.5 Å². The van der Waals surface area contributed by atoms with E-state index in [1.807, 2.05) is 11.9 Å². The van der Waals surface area contributed by atoms with Gasteiger partial charge in [0.2, 0.25) is 6.41 Å². The van der Waals surface area contributed by atoms with Crippen LogP contribution in [0.3, 0.4) is 0 Å². The lowest BCUT2D eigenvalue weighted by Gasteiger charge is -2.33. The van der Waals surface area contributed by atoms with E-state index in [2.05, 4.69) is 24.4 Å². The van der Waals surface area contributed by atoms with Crippen LogP contribution < -0.4 is 5.32 Å². The van der Waals surface area contributed by atoms with Crippen LogP contribution in [0.5, 0.6) is 0 Å². The van der Waals surface area contributed by atoms with Gasteiger partial charge >= 0.3 is 0 Å². The summed E-state index contributed by atoms with van der Waals surface area (Å²) in [5, 5.41) is 3.64. The van der Waals surface area contributed by atoms with Crippen LogP contribution in [0, 0.1) is 5.92 Å². The van der Waals surface area contributed by atoms with E-state index in [1.165, 1.54) is 103 Å². The van der Waals surface area contributed by atoms with Gasteiger partial charge in [-0.2, -0.15) is 0 Å². The van der Waals surface area contributed by atoms with Gasteiger partial charge in [0.15, 0.2) is 0 Å². The summed E-state index contributed by atoms with van der Waals surface area (Å²) >= 11 is 0. The summed E-state index contributed by atoms with van der Waals surface area (Å²) < 4.78 is 0. The third-order valence-corrected chi connectivity index (χ3v) is 6.83. The Morgan fingerprint density at radius 2 is 1.23 bits per heavy atom. The van der Waals surface area contributed by atoms with Crippen LogP contribution in [0.4, 0.5) is 0 Å². The van der Waals surface area contributed by atoms with Gasteiger partial charge in [-0.15, -0.1) is 0 Å². The molecule has 0 aliphatic heterocycles. The fourth-order valence-corrected chi connectivity index (χ4v) is 4.74. The maximum atomic E-state index is 11.1. The van der Waals surface area contributed by atoms with Crippen LogP contribution in [-0.2, 0) is 4.79 Å². The summed E-state index contributed by atoms with van der Waals surface area (Å²) in [4.78, 5) is 12.9. The second-order valence-corrected chi connectivity index (χ2v) is 9.55. The molecule has 1 aliphatic rings. The second kappa shape index (κ2) is 20.1. The number of nitrogens with one attached hydrogen (secondary N) is 1. The summed E-state index contributed by atoms with van der Waals surface area (Å²) in [5.74, 6) is 0.561. The van der Waals surface area contributed by atoms with E-state index in [0.29, 0.717) is 12.0 Å². The van der Waals surface area contributed by atoms with Gasteiger partial charge in [-0.1, -0.05) is 115 Å². The molecule has 1 amide bonds. The Balaban J connectivity index is 1.80. The molecule has 0 aromatic carbocycles. The molecule has 30 heavy (non-hydrogen) atoms. The quantitative estimate of drug-likeness (QED) is 0.120. The first-order chi connectivity index (χ1) is 14.8. The molecule has 0 fully saturated rings.